The van der Waals surface area contributed by atoms with Crippen LogP contribution >= 0.6 is 0 Å². The Morgan fingerprint density at radius 1 is 1.32 bits per heavy atom. The largest absolute Gasteiger partial charge is 0.352 e. The van der Waals surface area contributed by atoms with E-state index in [4.69, 9.17) is 5.73 Å². The summed E-state index contributed by atoms with van der Waals surface area (Å²) >= 11 is 0. The summed E-state index contributed by atoms with van der Waals surface area (Å²) in [4.78, 5) is 24.7. The molecule has 0 spiro atoms. The number of nitrogens with two attached hydrogens (primary N) is 1. The van der Waals surface area contributed by atoms with Gasteiger partial charge in [0.05, 0.1) is 0 Å². The number of rotatable bonds is 5. The van der Waals surface area contributed by atoms with E-state index < -0.39 is 0 Å². The number of benzene rings is 1. The van der Waals surface area contributed by atoms with Crippen molar-refractivity contribution in [1.82, 2.24) is 5.32 Å². The first-order valence-electron chi connectivity index (χ1n) is 6.57. The van der Waals surface area contributed by atoms with Crippen LogP contribution in [-0.4, -0.2) is 24.9 Å². The molecule has 1 aromatic rings. The summed E-state index contributed by atoms with van der Waals surface area (Å²) in [7, 11) is 0. The summed E-state index contributed by atoms with van der Waals surface area (Å²) < 4.78 is 0. The monoisotopic (exact) mass is 261 g/mol. The molecule has 0 aliphatic carbocycles. The van der Waals surface area contributed by atoms with E-state index in [-0.39, 0.29) is 11.8 Å². The van der Waals surface area contributed by atoms with Crippen LogP contribution in [0, 0.1) is 0 Å². The van der Waals surface area contributed by atoms with Crippen LogP contribution in [-0.2, 0) is 16.1 Å². The number of hydrogen-bond donors (Lipinski definition) is 2. The SMILES string of the molecule is NCCC(=O)NCc1ccc(N2CCCC2=O)cc1. The van der Waals surface area contributed by atoms with Gasteiger partial charge in [0.15, 0.2) is 0 Å². The molecule has 1 aliphatic heterocycles. The number of nitrogens with one attached hydrogen (secondary N) is 1. The third-order valence-corrected chi connectivity index (χ3v) is 3.18. The molecule has 1 saturated heterocycles. The third-order valence-electron chi connectivity index (χ3n) is 3.18. The Morgan fingerprint density at radius 2 is 2.05 bits per heavy atom. The number of hydrogen-bond acceptors (Lipinski definition) is 3. The highest BCUT2D eigenvalue weighted by Gasteiger charge is 2.21. The average molecular weight is 261 g/mol. The highest BCUT2D eigenvalue weighted by Crippen LogP contribution is 2.21. The minimum absolute atomic E-state index is 0.0405. The van der Waals surface area contributed by atoms with Gasteiger partial charge in [-0.15, -0.1) is 0 Å². The molecule has 1 heterocycles. The van der Waals surface area contributed by atoms with Crippen molar-refractivity contribution in [3.63, 3.8) is 0 Å². The van der Waals surface area contributed by atoms with E-state index in [2.05, 4.69) is 5.32 Å². The molecule has 0 atom stereocenters. The first-order chi connectivity index (χ1) is 9.20. The van der Waals surface area contributed by atoms with Crippen molar-refractivity contribution in [3.8, 4) is 0 Å². The van der Waals surface area contributed by atoms with Gasteiger partial charge < -0.3 is 16.0 Å². The van der Waals surface area contributed by atoms with Gasteiger partial charge in [-0.05, 0) is 24.1 Å². The normalized spacial score (nSPS) is 14.8. The van der Waals surface area contributed by atoms with Crippen LogP contribution in [0.5, 0.6) is 0 Å². The minimum atomic E-state index is -0.0405. The Hall–Kier alpha value is -1.88. The predicted molar refractivity (Wildman–Crippen MR) is 73.5 cm³/mol. The van der Waals surface area contributed by atoms with Crippen molar-refractivity contribution < 1.29 is 9.59 Å². The van der Waals surface area contributed by atoms with E-state index >= 15 is 0 Å². The van der Waals surface area contributed by atoms with Gasteiger partial charge in [-0.1, -0.05) is 12.1 Å². The molecule has 1 aromatic carbocycles. The quantitative estimate of drug-likeness (QED) is 0.822. The van der Waals surface area contributed by atoms with Gasteiger partial charge in [0, 0.05) is 38.2 Å². The highest BCUT2D eigenvalue weighted by atomic mass is 16.2. The van der Waals surface area contributed by atoms with Crippen molar-refractivity contribution >= 4 is 17.5 Å². The van der Waals surface area contributed by atoms with E-state index in [1.54, 1.807) is 4.90 Å². The van der Waals surface area contributed by atoms with Crippen molar-refractivity contribution in [1.29, 1.82) is 0 Å². The first-order valence-corrected chi connectivity index (χ1v) is 6.57. The van der Waals surface area contributed by atoms with Gasteiger partial charge in [0.1, 0.15) is 0 Å². The second kappa shape index (κ2) is 6.33. The molecule has 2 amide bonds. The van der Waals surface area contributed by atoms with Crippen LogP contribution in [0.25, 0.3) is 0 Å². The number of amides is 2. The Balaban J connectivity index is 1.91. The van der Waals surface area contributed by atoms with Gasteiger partial charge >= 0.3 is 0 Å². The molecule has 5 heteroatoms. The molecule has 5 nitrogen and oxygen atoms in total. The molecule has 19 heavy (non-hydrogen) atoms. The molecular weight excluding hydrogens is 242 g/mol. The van der Waals surface area contributed by atoms with Crippen LogP contribution in [0.4, 0.5) is 5.69 Å². The Kier molecular flexibility index (Phi) is 4.52. The molecule has 0 aromatic heterocycles. The van der Waals surface area contributed by atoms with Crippen LogP contribution in [0.2, 0.25) is 0 Å². The highest BCUT2D eigenvalue weighted by molar-refractivity contribution is 5.95. The maximum Gasteiger partial charge on any atom is 0.227 e. The summed E-state index contributed by atoms with van der Waals surface area (Å²) in [5, 5.41) is 2.80. The van der Waals surface area contributed by atoms with Crippen LogP contribution < -0.4 is 16.0 Å². The molecule has 3 N–H and O–H groups in total. The summed E-state index contributed by atoms with van der Waals surface area (Å²) in [6.45, 7) is 1.65. The fraction of sp³-hybridized carbons (Fsp3) is 0.429. The zero-order valence-electron chi connectivity index (χ0n) is 10.9. The van der Waals surface area contributed by atoms with E-state index in [1.807, 2.05) is 24.3 Å². The van der Waals surface area contributed by atoms with Crippen LogP contribution in [0.1, 0.15) is 24.8 Å². The van der Waals surface area contributed by atoms with E-state index in [0.717, 1.165) is 24.2 Å². The topological polar surface area (TPSA) is 75.4 Å². The van der Waals surface area contributed by atoms with Crippen LogP contribution in [0.3, 0.4) is 0 Å². The van der Waals surface area contributed by atoms with Crippen molar-refractivity contribution in [2.75, 3.05) is 18.0 Å². The fourth-order valence-corrected chi connectivity index (χ4v) is 2.14. The Bertz CT molecular complexity index is 456. The second-order valence-electron chi connectivity index (χ2n) is 4.63. The van der Waals surface area contributed by atoms with Gasteiger partial charge in [-0.25, -0.2) is 0 Å². The predicted octanol–water partition coefficient (Wildman–Crippen LogP) is 0.778. The summed E-state index contributed by atoms with van der Waals surface area (Å²) in [5.74, 6) is 0.144. The van der Waals surface area contributed by atoms with Gasteiger partial charge in [-0.3, -0.25) is 9.59 Å². The molecule has 0 saturated carbocycles. The maximum absolute atomic E-state index is 11.6. The molecule has 0 unspecified atom stereocenters. The zero-order chi connectivity index (χ0) is 13.7. The molecule has 2 rings (SSSR count). The minimum Gasteiger partial charge on any atom is -0.352 e. The number of anilines is 1. The van der Waals surface area contributed by atoms with Gasteiger partial charge in [-0.2, -0.15) is 0 Å². The molecular formula is C14H19N3O2. The van der Waals surface area contributed by atoms with E-state index in [9.17, 15) is 9.59 Å². The molecule has 102 valence electrons. The molecule has 1 aliphatic rings. The summed E-state index contributed by atoms with van der Waals surface area (Å²) in [6, 6.07) is 7.72. The molecule has 0 radical (unpaired) electrons. The Labute approximate surface area is 112 Å². The van der Waals surface area contributed by atoms with E-state index in [1.165, 1.54) is 0 Å². The zero-order valence-corrected chi connectivity index (χ0v) is 10.9. The lowest BCUT2D eigenvalue weighted by atomic mass is 10.2. The Morgan fingerprint density at radius 3 is 2.63 bits per heavy atom. The molecule has 1 fully saturated rings. The second-order valence-corrected chi connectivity index (χ2v) is 4.63. The lowest BCUT2D eigenvalue weighted by molar-refractivity contribution is -0.121. The number of carbonyl (C=O) groups is 2. The lowest BCUT2D eigenvalue weighted by Crippen LogP contribution is -2.25. The average Bonchev–Trinajstić information content (AvgIpc) is 2.84. The van der Waals surface area contributed by atoms with Gasteiger partial charge in [0.2, 0.25) is 11.8 Å². The smallest absolute Gasteiger partial charge is 0.227 e. The van der Waals surface area contributed by atoms with Crippen molar-refractivity contribution in [3.05, 3.63) is 29.8 Å². The summed E-state index contributed by atoms with van der Waals surface area (Å²) in [5.41, 5.74) is 7.25. The van der Waals surface area contributed by atoms with Crippen molar-refractivity contribution in [2.24, 2.45) is 5.73 Å². The fourth-order valence-electron chi connectivity index (χ4n) is 2.14. The maximum atomic E-state index is 11.6. The standard InChI is InChI=1S/C14H19N3O2/c15-8-7-13(18)16-10-11-3-5-12(6-4-11)17-9-1-2-14(17)19/h3-6H,1-2,7-10,15H2,(H,16,18). The lowest BCUT2D eigenvalue weighted by Gasteiger charge is -2.16. The van der Waals surface area contributed by atoms with Crippen molar-refractivity contribution in [2.45, 2.75) is 25.8 Å². The number of nitrogens with zero attached hydrogens (tertiary/aromatic N) is 1. The molecule has 0 bridgehead atoms. The van der Waals surface area contributed by atoms with Crippen LogP contribution in [0.15, 0.2) is 24.3 Å². The first kappa shape index (κ1) is 13.5. The summed E-state index contributed by atoms with van der Waals surface area (Å²) in [6.07, 6.45) is 1.91. The number of carbonyl (C=O) groups excluding carboxylic acids is 2. The van der Waals surface area contributed by atoms with E-state index in [0.29, 0.717) is 25.9 Å². The third kappa shape index (κ3) is 3.54. The van der Waals surface area contributed by atoms with Gasteiger partial charge in [0.25, 0.3) is 0 Å².